The summed E-state index contributed by atoms with van der Waals surface area (Å²) in [6, 6.07) is 0. The van der Waals surface area contributed by atoms with Gasteiger partial charge in [0.1, 0.15) is 6.10 Å². The Hall–Kier alpha value is -0.190. The summed E-state index contributed by atoms with van der Waals surface area (Å²) in [5.41, 5.74) is 1.94. The van der Waals surface area contributed by atoms with Gasteiger partial charge in [0.15, 0.2) is 6.30 Å². The van der Waals surface area contributed by atoms with E-state index in [1.54, 1.807) is 0 Å². The second-order valence-electron chi connectivity index (χ2n) is 1.44. The van der Waals surface area contributed by atoms with Gasteiger partial charge in [-0.25, -0.2) is 9.82 Å². The lowest BCUT2D eigenvalue weighted by Crippen LogP contribution is -2.35. The summed E-state index contributed by atoms with van der Waals surface area (Å²) in [5.74, 6) is 4.71. The average molecular weight is 106 g/mol. The van der Waals surface area contributed by atoms with Crippen LogP contribution in [0, 0.1) is 0 Å². The number of nitrogens with two attached hydrogens (primary N) is 1. The lowest BCUT2D eigenvalue weighted by molar-refractivity contribution is 0.210. The number of alkyl halides is 1. The fourth-order valence-electron chi connectivity index (χ4n) is 0.332. The molecule has 0 spiro atoms. The molecule has 0 amide bonds. The van der Waals surface area contributed by atoms with Crippen molar-refractivity contribution in [2.45, 2.75) is 12.4 Å². The molecule has 2 atom stereocenters. The molecule has 1 rings (SSSR count). The topological polar surface area (TPSA) is 50.6 Å². The molecular formula is C3H7FN2O. The van der Waals surface area contributed by atoms with Crippen LogP contribution in [-0.2, 0) is 4.74 Å². The molecule has 0 aromatic heterocycles. The van der Waals surface area contributed by atoms with E-state index in [4.69, 9.17) is 5.84 Å². The second-order valence-corrected chi connectivity index (χ2v) is 1.44. The Morgan fingerprint density at radius 2 is 2.57 bits per heavy atom. The SMILES string of the molecule is NNC(F)C1CO1. The summed E-state index contributed by atoms with van der Waals surface area (Å²) >= 11 is 0. The molecule has 0 aliphatic carbocycles. The van der Waals surface area contributed by atoms with Crippen LogP contribution in [0.5, 0.6) is 0 Å². The van der Waals surface area contributed by atoms with Crippen LogP contribution in [0.25, 0.3) is 0 Å². The minimum absolute atomic E-state index is 0.287. The maximum Gasteiger partial charge on any atom is 0.191 e. The van der Waals surface area contributed by atoms with Crippen LogP contribution < -0.4 is 11.3 Å². The summed E-state index contributed by atoms with van der Waals surface area (Å²) in [6.45, 7) is 0.491. The van der Waals surface area contributed by atoms with Gasteiger partial charge in [-0.15, -0.1) is 0 Å². The zero-order valence-corrected chi connectivity index (χ0v) is 3.73. The molecule has 1 fully saturated rings. The van der Waals surface area contributed by atoms with E-state index in [2.05, 4.69) is 4.74 Å². The largest absolute Gasteiger partial charge is 0.368 e. The molecule has 2 unspecified atom stereocenters. The van der Waals surface area contributed by atoms with E-state index in [1.807, 2.05) is 5.43 Å². The van der Waals surface area contributed by atoms with E-state index in [1.165, 1.54) is 0 Å². The van der Waals surface area contributed by atoms with Gasteiger partial charge in [-0.05, 0) is 0 Å². The summed E-state index contributed by atoms with van der Waals surface area (Å²) in [4.78, 5) is 0. The lowest BCUT2D eigenvalue weighted by Gasteiger charge is -1.97. The van der Waals surface area contributed by atoms with Gasteiger partial charge in [0.2, 0.25) is 0 Å². The van der Waals surface area contributed by atoms with Gasteiger partial charge in [0, 0.05) is 0 Å². The van der Waals surface area contributed by atoms with Crippen molar-refractivity contribution >= 4 is 0 Å². The first kappa shape index (κ1) is 4.96. The van der Waals surface area contributed by atoms with E-state index in [0.717, 1.165) is 0 Å². The molecule has 3 N–H and O–H groups in total. The van der Waals surface area contributed by atoms with Crippen LogP contribution in [-0.4, -0.2) is 19.0 Å². The average Bonchev–Trinajstić information content (AvgIpc) is 2.44. The fourth-order valence-corrected chi connectivity index (χ4v) is 0.332. The first-order valence-corrected chi connectivity index (χ1v) is 2.06. The van der Waals surface area contributed by atoms with Crippen LogP contribution in [0.3, 0.4) is 0 Å². The Bertz CT molecular complexity index is 66.0. The van der Waals surface area contributed by atoms with Crippen LogP contribution >= 0.6 is 0 Å². The van der Waals surface area contributed by atoms with Gasteiger partial charge in [-0.1, -0.05) is 0 Å². The maximum absolute atomic E-state index is 12.0. The molecule has 1 saturated heterocycles. The smallest absolute Gasteiger partial charge is 0.191 e. The zero-order chi connectivity index (χ0) is 5.28. The predicted octanol–water partition coefficient (Wildman–Crippen LogP) is -0.856. The van der Waals surface area contributed by atoms with Crippen molar-refractivity contribution in [2.24, 2.45) is 5.84 Å². The van der Waals surface area contributed by atoms with Gasteiger partial charge in [0.25, 0.3) is 0 Å². The summed E-state index contributed by atoms with van der Waals surface area (Å²) in [6.07, 6.45) is -1.47. The van der Waals surface area contributed by atoms with Gasteiger partial charge in [0.05, 0.1) is 6.61 Å². The predicted molar refractivity (Wildman–Crippen MR) is 22.0 cm³/mol. The molecule has 3 nitrogen and oxygen atoms in total. The van der Waals surface area contributed by atoms with Gasteiger partial charge < -0.3 is 4.74 Å². The number of epoxide rings is 1. The molecule has 42 valence electrons. The zero-order valence-electron chi connectivity index (χ0n) is 3.73. The van der Waals surface area contributed by atoms with Crippen molar-refractivity contribution < 1.29 is 9.13 Å². The third-order valence-corrected chi connectivity index (χ3v) is 0.845. The maximum atomic E-state index is 12.0. The lowest BCUT2D eigenvalue weighted by atomic mass is 10.5. The number of halogens is 1. The highest BCUT2D eigenvalue weighted by Crippen LogP contribution is 2.13. The van der Waals surface area contributed by atoms with Crippen LogP contribution in [0.1, 0.15) is 0 Å². The molecule has 1 aliphatic heterocycles. The molecule has 1 aliphatic rings. The van der Waals surface area contributed by atoms with Crippen molar-refractivity contribution in [1.29, 1.82) is 0 Å². The minimum atomic E-state index is -1.18. The van der Waals surface area contributed by atoms with Crippen LogP contribution in [0.15, 0.2) is 0 Å². The third-order valence-electron chi connectivity index (χ3n) is 0.845. The Balaban J connectivity index is 2.10. The van der Waals surface area contributed by atoms with Crippen molar-refractivity contribution in [3.8, 4) is 0 Å². The molecule has 0 radical (unpaired) electrons. The number of hydrogen-bond donors (Lipinski definition) is 2. The standard InChI is InChI=1S/C3H7FN2O/c4-3(6-5)2-1-7-2/h2-3,6H,1,5H2. The molecule has 0 saturated carbocycles. The summed E-state index contributed by atoms with van der Waals surface area (Å²) in [7, 11) is 0. The molecule has 4 heteroatoms. The Labute approximate surface area is 40.6 Å². The molecular weight excluding hydrogens is 99.0 g/mol. The molecule has 7 heavy (non-hydrogen) atoms. The Morgan fingerprint density at radius 1 is 2.00 bits per heavy atom. The van der Waals surface area contributed by atoms with E-state index < -0.39 is 6.30 Å². The van der Waals surface area contributed by atoms with E-state index in [-0.39, 0.29) is 6.10 Å². The first-order valence-electron chi connectivity index (χ1n) is 2.06. The first-order chi connectivity index (χ1) is 3.34. The van der Waals surface area contributed by atoms with Crippen LogP contribution in [0.4, 0.5) is 4.39 Å². The van der Waals surface area contributed by atoms with E-state index in [9.17, 15) is 4.39 Å². The molecule has 1 heterocycles. The van der Waals surface area contributed by atoms with Crippen LogP contribution in [0.2, 0.25) is 0 Å². The van der Waals surface area contributed by atoms with E-state index >= 15 is 0 Å². The van der Waals surface area contributed by atoms with E-state index in [0.29, 0.717) is 6.61 Å². The summed E-state index contributed by atoms with van der Waals surface area (Å²) in [5, 5.41) is 0. The summed E-state index contributed by atoms with van der Waals surface area (Å²) < 4.78 is 16.5. The molecule has 0 aromatic carbocycles. The number of hydrogen-bond acceptors (Lipinski definition) is 3. The quantitative estimate of drug-likeness (QED) is 0.208. The third kappa shape index (κ3) is 1.09. The minimum Gasteiger partial charge on any atom is -0.368 e. The number of ether oxygens (including phenoxy) is 1. The monoisotopic (exact) mass is 106 g/mol. The molecule has 0 bridgehead atoms. The van der Waals surface area contributed by atoms with Crippen molar-refractivity contribution in [3.05, 3.63) is 0 Å². The van der Waals surface area contributed by atoms with Gasteiger partial charge >= 0.3 is 0 Å². The number of rotatable bonds is 2. The normalized spacial score (nSPS) is 32.6. The fraction of sp³-hybridized carbons (Fsp3) is 1.00. The second kappa shape index (κ2) is 1.73. The van der Waals surface area contributed by atoms with Crippen molar-refractivity contribution in [1.82, 2.24) is 5.43 Å². The number of nitrogens with one attached hydrogen (secondary N) is 1. The highest BCUT2D eigenvalue weighted by atomic mass is 19.1. The van der Waals surface area contributed by atoms with Gasteiger partial charge in [-0.2, -0.15) is 0 Å². The Morgan fingerprint density at radius 3 is 2.71 bits per heavy atom. The Kier molecular flexibility index (Phi) is 1.23. The van der Waals surface area contributed by atoms with Gasteiger partial charge in [-0.3, -0.25) is 5.84 Å². The highest BCUT2D eigenvalue weighted by molar-refractivity contribution is 4.74. The van der Waals surface area contributed by atoms with Crippen molar-refractivity contribution in [3.63, 3.8) is 0 Å². The number of hydrazine groups is 1. The molecule has 0 aromatic rings. The van der Waals surface area contributed by atoms with Crippen molar-refractivity contribution in [2.75, 3.05) is 6.61 Å². The highest BCUT2D eigenvalue weighted by Gasteiger charge is 2.31.